The lowest BCUT2D eigenvalue weighted by Gasteiger charge is -2.29. The standard InChI is InChI=1S/C21H21N/c1-16-10-7-8-15-20(16)22(19-13-5-4-6-14-19)21-17(2)11-9-12-18(21)3/h4-15H,1-3H3. The molecule has 110 valence electrons. The predicted octanol–water partition coefficient (Wildman–Crippen LogP) is 6.08. The minimum atomic E-state index is 1.19. The van der Waals surface area contributed by atoms with E-state index >= 15 is 0 Å². The lowest BCUT2D eigenvalue weighted by molar-refractivity contribution is 1.20. The van der Waals surface area contributed by atoms with Crippen molar-refractivity contribution in [2.75, 3.05) is 4.90 Å². The predicted molar refractivity (Wildman–Crippen MR) is 95.3 cm³/mol. The van der Waals surface area contributed by atoms with Crippen LogP contribution in [0.3, 0.4) is 0 Å². The summed E-state index contributed by atoms with van der Waals surface area (Å²) in [6.45, 7) is 6.52. The van der Waals surface area contributed by atoms with Crippen LogP contribution >= 0.6 is 0 Å². The molecule has 0 aliphatic carbocycles. The first-order chi connectivity index (χ1) is 10.7. The number of para-hydroxylation sites is 3. The van der Waals surface area contributed by atoms with Crippen molar-refractivity contribution in [3.05, 3.63) is 89.5 Å². The summed E-state index contributed by atoms with van der Waals surface area (Å²) in [5.41, 5.74) is 7.52. The van der Waals surface area contributed by atoms with Crippen LogP contribution in [0.2, 0.25) is 0 Å². The normalized spacial score (nSPS) is 10.5. The summed E-state index contributed by atoms with van der Waals surface area (Å²) in [5.74, 6) is 0. The topological polar surface area (TPSA) is 3.24 Å². The van der Waals surface area contributed by atoms with Gasteiger partial charge in [-0.25, -0.2) is 0 Å². The first kappa shape index (κ1) is 14.4. The summed E-state index contributed by atoms with van der Waals surface area (Å²) < 4.78 is 0. The van der Waals surface area contributed by atoms with Crippen LogP contribution in [-0.2, 0) is 0 Å². The largest absolute Gasteiger partial charge is 0.310 e. The molecule has 0 aliphatic heterocycles. The van der Waals surface area contributed by atoms with Crippen LogP contribution < -0.4 is 4.90 Å². The maximum Gasteiger partial charge on any atom is 0.0520 e. The highest BCUT2D eigenvalue weighted by Crippen LogP contribution is 2.39. The van der Waals surface area contributed by atoms with Gasteiger partial charge in [-0.05, 0) is 55.7 Å². The van der Waals surface area contributed by atoms with Gasteiger partial charge in [0, 0.05) is 11.4 Å². The van der Waals surface area contributed by atoms with Crippen LogP contribution in [0.5, 0.6) is 0 Å². The fourth-order valence-electron chi connectivity index (χ4n) is 2.94. The van der Waals surface area contributed by atoms with Gasteiger partial charge in [-0.1, -0.05) is 54.6 Å². The molecule has 0 aliphatic rings. The second kappa shape index (κ2) is 6.07. The number of nitrogens with zero attached hydrogens (tertiary/aromatic N) is 1. The zero-order valence-corrected chi connectivity index (χ0v) is 13.4. The molecule has 3 aromatic carbocycles. The Labute approximate surface area is 132 Å². The first-order valence-electron chi connectivity index (χ1n) is 7.65. The molecule has 0 spiro atoms. The van der Waals surface area contributed by atoms with E-state index in [0.29, 0.717) is 0 Å². The van der Waals surface area contributed by atoms with Gasteiger partial charge >= 0.3 is 0 Å². The van der Waals surface area contributed by atoms with Gasteiger partial charge in [0.1, 0.15) is 0 Å². The number of anilines is 3. The molecule has 1 heteroatoms. The highest BCUT2D eigenvalue weighted by Gasteiger charge is 2.17. The molecule has 0 N–H and O–H groups in total. The monoisotopic (exact) mass is 287 g/mol. The van der Waals surface area contributed by atoms with Gasteiger partial charge in [0.25, 0.3) is 0 Å². The van der Waals surface area contributed by atoms with Crippen LogP contribution in [0.1, 0.15) is 16.7 Å². The van der Waals surface area contributed by atoms with Crippen LogP contribution in [-0.4, -0.2) is 0 Å². The van der Waals surface area contributed by atoms with Crippen molar-refractivity contribution in [2.24, 2.45) is 0 Å². The van der Waals surface area contributed by atoms with E-state index in [-0.39, 0.29) is 0 Å². The average molecular weight is 287 g/mol. The molecule has 3 aromatic rings. The van der Waals surface area contributed by atoms with Gasteiger partial charge in [-0.2, -0.15) is 0 Å². The second-order valence-corrected chi connectivity index (χ2v) is 5.70. The number of hydrogen-bond acceptors (Lipinski definition) is 1. The first-order valence-corrected chi connectivity index (χ1v) is 7.65. The molecule has 1 nitrogen and oxygen atoms in total. The SMILES string of the molecule is Cc1ccccc1N(c1ccccc1)c1c(C)cccc1C. The molecule has 0 saturated heterocycles. The van der Waals surface area contributed by atoms with E-state index in [2.05, 4.69) is 98.5 Å². The van der Waals surface area contributed by atoms with E-state index < -0.39 is 0 Å². The Bertz CT molecular complexity index is 755. The molecule has 0 radical (unpaired) electrons. The zero-order valence-electron chi connectivity index (χ0n) is 13.4. The number of benzene rings is 3. The molecule has 0 fully saturated rings. The Balaban J connectivity index is 2.27. The molecular formula is C21H21N. The highest BCUT2D eigenvalue weighted by molar-refractivity contribution is 5.81. The Morgan fingerprint density at radius 1 is 0.545 bits per heavy atom. The second-order valence-electron chi connectivity index (χ2n) is 5.70. The smallest absolute Gasteiger partial charge is 0.0520 e. The third kappa shape index (κ3) is 2.62. The average Bonchev–Trinajstić information content (AvgIpc) is 2.53. The van der Waals surface area contributed by atoms with E-state index in [0.717, 1.165) is 0 Å². The molecule has 0 amide bonds. The fraction of sp³-hybridized carbons (Fsp3) is 0.143. The van der Waals surface area contributed by atoms with E-state index in [9.17, 15) is 0 Å². The molecule has 0 unspecified atom stereocenters. The van der Waals surface area contributed by atoms with Crippen molar-refractivity contribution < 1.29 is 0 Å². The third-order valence-corrected chi connectivity index (χ3v) is 4.03. The molecule has 0 heterocycles. The zero-order chi connectivity index (χ0) is 15.5. The molecule has 0 bridgehead atoms. The minimum absolute atomic E-state index is 1.19. The van der Waals surface area contributed by atoms with Gasteiger partial charge in [-0.15, -0.1) is 0 Å². The van der Waals surface area contributed by atoms with Crippen LogP contribution in [0.15, 0.2) is 72.8 Å². The van der Waals surface area contributed by atoms with Crippen LogP contribution in [0.25, 0.3) is 0 Å². The minimum Gasteiger partial charge on any atom is -0.310 e. The Kier molecular flexibility index (Phi) is 3.97. The summed E-state index contributed by atoms with van der Waals surface area (Å²) in [5, 5.41) is 0. The van der Waals surface area contributed by atoms with Crippen molar-refractivity contribution in [2.45, 2.75) is 20.8 Å². The van der Waals surface area contributed by atoms with E-state index in [1.54, 1.807) is 0 Å². The number of rotatable bonds is 3. The number of aryl methyl sites for hydroxylation is 3. The van der Waals surface area contributed by atoms with Gasteiger partial charge in [0.2, 0.25) is 0 Å². The molecule has 3 rings (SSSR count). The van der Waals surface area contributed by atoms with Gasteiger partial charge < -0.3 is 4.90 Å². The Morgan fingerprint density at radius 2 is 1.09 bits per heavy atom. The molecular weight excluding hydrogens is 266 g/mol. The van der Waals surface area contributed by atoms with Gasteiger partial charge in [0.15, 0.2) is 0 Å². The van der Waals surface area contributed by atoms with E-state index in [1.807, 2.05) is 0 Å². The molecule has 0 atom stereocenters. The van der Waals surface area contributed by atoms with E-state index in [4.69, 9.17) is 0 Å². The summed E-state index contributed by atoms with van der Waals surface area (Å²) in [6, 6.07) is 25.6. The van der Waals surface area contributed by atoms with Crippen molar-refractivity contribution in [1.82, 2.24) is 0 Å². The molecule has 0 aromatic heterocycles. The number of hydrogen-bond donors (Lipinski definition) is 0. The van der Waals surface area contributed by atoms with Gasteiger partial charge in [0.05, 0.1) is 5.69 Å². The fourth-order valence-corrected chi connectivity index (χ4v) is 2.94. The van der Waals surface area contributed by atoms with Crippen LogP contribution in [0.4, 0.5) is 17.1 Å². The Hall–Kier alpha value is -2.54. The van der Waals surface area contributed by atoms with Crippen molar-refractivity contribution in [3.8, 4) is 0 Å². The third-order valence-electron chi connectivity index (χ3n) is 4.03. The Morgan fingerprint density at radius 3 is 1.73 bits per heavy atom. The molecule has 22 heavy (non-hydrogen) atoms. The molecule has 0 saturated carbocycles. The summed E-state index contributed by atoms with van der Waals surface area (Å²) in [7, 11) is 0. The van der Waals surface area contributed by atoms with Crippen molar-refractivity contribution >= 4 is 17.1 Å². The van der Waals surface area contributed by atoms with Gasteiger partial charge in [-0.3, -0.25) is 0 Å². The van der Waals surface area contributed by atoms with Crippen molar-refractivity contribution in [1.29, 1.82) is 0 Å². The summed E-state index contributed by atoms with van der Waals surface area (Å²) in [6.07, 6.45) is 0. The van der Waals surface area contributed by atoms with Crippen LogP contribution in [0, 0.1) is 20.8 Å². The lowest BCUT2D eigenvalue weighted by atomic mass is 10.0. The maximum absolute atomic E-state index is 2.36. The lowest BCUT2D eigenvalue weighted by Crippen LogP contribution is -2.13. The summed E-state index contributed by atoms with van der Waals surface area (Å²) in [4.78, 5) is 2.36. The maximum atomic E-state index is 2.36. The van der Waals surface area contributed by atoms with E-state index in [1.165, 1.54) is 33.8 Å². The highest BCUT2D eigenvalue weighted by atomic mass is 15.1. The quantitative estimate of drug-likeness (QED) is 0.564. The van der Waals surface area contributed by atoms with Crippen molar-refractivity contribution in [3.63, 3.8) is 0 Å². The summed E-state index contributed by atoms with van der Waals surface area (Å²) >= 11 is 0.